The molecule has 0 saturated heterocycles. The summed E-state index contributed by atoms with van der Waals surface area (Å²) in [5, 5.41) is 0. The topological polar surface area (TPSA) is 38.0 Å². The SMILES string of the molecule is C=CCC(NN)c1cccc(F)c1Br. The van der Waals surface area contributed by atoms with Crippen LogP contribution in [0, 0.1) is 5.82 Å². The van der Waals surface area contributed by atoms with Crippen molar-refractivity contribution in [1.82, 2.24) is 5.43 Å². The van der Waals surface area contributed by atoms with Crippen LogP contribution in [-0.2, 0) is 0 Å². The zero-order valence-corrected chi connectivity index (χ0v) is 9.22. The molecule has 1 atom stereocenters. The van der Waals surface area contributed by atoms with Crippen LogP contribution in [0.25, 0.3) is 0 Å². The molecular formula is C10H12BrFN2. The lowest BCUT2D eigenvalue weighted by Gasteiger charge is -2.15. The number of halogens is 2. The third-order valence-electron chi connectivity index (χ3n) is 1.96. The Morgan fingerprint density at radius 3 is 2.93 bits per heavy atom. The van der Waals surface area contributed by atoms with E-state index in [2.05, 4.69) is 27.9 Å². The molecule has 0 amide bonds. The summed E-state index contributed by atoms with van der Waals surface area (Å²) >= 11 is 3.19. The normalized spacial score (nSPS) is 12.5. The van der Waals surface area contributed by atoms with Crippen LogP contribution in [-0.4, -0.2) is 0 Å². The van der Waals surface area contributed by atoms with Crippen LogP contribution in [0.2, 0.25) is 0 Å². The summed E-state index contributed by atoms with van der Waals surface area (Å²) in [6.45, 7) is 3.62. The average molecular weight is 259 g/mol. The fraction of sp³-hybridized carbons (Fsp3) is 0.200. The molecule has 0 aromatic heterocycles. The Morgan fingerprint density at radius 1 is 1.64 bits per heavy atom. The smallest absolute Gasteiger partial charge is 0.137 e. The molecule has 0 radical (unpaired) electrons. The van der Waals surface area contributed by atoms with Gasteiger partial charge >= 0.3 is 0 Å². The summed E-state index contributed by atoms with van der Waals surface area (Å²) in [6.07, 6.45) is 2.39. The lowest BCUT2D eigenvalue weighted by Crippen LogP contribution is -2.28. The molecule has 2 nitrogen and oxygen atoms in total. The minimum Gasteiger partial charge on any atom is -0.271 e. The highest BCUT2D eigenvalue weighted by atomic mass is 79.9. The van der Waals surface area contributed by atoms with Crippen LogP contribution in [0.15, 0.2) is 35.3 Å². The van der Waals surface area contributed by atoms with Crippen molar-refractivity contribution in [3.8, 4) is 0 Å². The molecule has 0 aliphatic rings. The van der Waals surface area contributed by atoms with Gasteiger partial charge in [0, 0.05) is 0 Å². The average Bonchev–Trinajstić information content (AvgIpc) is 2.19. The Kier molecular flexibility index (Phi) is 4.25. The molecule has 0 heterocycles. The molecule has 0 fully saturated rings. The van der Waals surface area contributed by atoms with Gasteiger partial charge in [-0.15, -0.1) is 6.58 Å². The van der Waals surface area contributed by atoms with E-state index in [1.807, 2.05) is 6.07 Å². The molecule has 1 aromatic carbocycles. The van der Waals surface area contributed by atoms with E-state index >= 15 is 0 Å². The number of hydrogen-bond donors (Lipinski definition) is 2. The van der Waals surface area contributed by atoms with E-state index in [9.17, 15) is 4.39 Å². The van der Waals surface area contributed by atoms with Gasteiger partial charge < -0.3 is 0 Å². The molecule has 1 rings (SSSR count). The van der Waals surface area contributed by atoms with E-state index in [1.165, 1.54) is 6.07 Å². The van der Waals surface area contributed by atoms with E-state index in [1.54, 1.807) is 12.1 Å². The second-order valence-electron chi connectivity index (χ2n) is 2.89. The first-order valence-corrected chi connectivity index (χ1v) is 5.01. The minimum absolute atomic E-state index is 0.113. The number of nitrogens with two attached hydrogens (primary N) is 1. The van der Waals surface area contributed by atoms with Crippen LogP contribution < -0.4 is 11.3 Å². The van der Waals surface area contributed by atoms with Crippen molar-refractivity contribution in [3.05, 3.63) is 46.7 Å². The molecule has 1 unspecified atom stereocenters. The van der Waals surface area contributed by atoms with Crippen molar-refractivity contribution in [2.75, 3.05) is 0 Å². The molecular weight excluding hydrogens is 247 g/mol. The van der Waals surface area contributed by atoms with Gasteiger partial charge in [-0.1, -0.05) is 18.2 Å². The molecule has 0 saturated carbocycles. The van der Waals surface area contributed by atoms with Gasteiger partial charge in [-0.25, -0.2) is 4.39 Å². The van der Waals surface area contributed by atoms with Crippen molar-refractivity contribution in [2.45, 2.75) is 12.5 Å². The van der Waals surface area contributed by atoms with Crippen LogP contribution in [0.1, 0.15) is 18.0 Å². The van der Waals surface area contributed by atoms with Gasteiger partial charge in [0.25, 0.3) is 0 Å². The van der Waals surface area contributed by atoms with Crippen molar-refractivity contribution in [2.24, 2.45) is 5.84 Å². The summed E-state index contributed by atoms with van der Waals surface area (Å²) in [7, 11) is 0. The number of nitrogens with one attached hydrogen (secondary N) is 1. The highest BCUT2D eigenvalue weighted by Gasteiger charge is 2.13. The Bertz CT molecular complexity index is 328. The summed E-state index contributed by atoms with van der Waals surface area (Å²) in [6, 6.07) is 4.76. The van der Waals surface area contributed by atoms with Gasteiger partial charge in [-0.2, -0.15) is 0 Å². The van der Waals surface area contributed by atoms with E-state index in [4.69, 9.17) is 5.84 Å². The Balaban J connectivity index is 3.03. The number of hydrazine groups is 1. The summed E-state index contributed by atoms with van der Waals surface area (Å²) in [5.74, 6) is 5.08. The van der Waals surface area contributed by atoms with Crippen LogP contribution in [0.4, 0.5) is 4.39 Å². The van der Waals surface area contributed by atoms with Gasteiger partial charge in [0.15, 0.2) is 0 Å². The van der Waals surface area contributed by atoms with Gasteiger partial charge in [0.1, 0.15) is 5.82 Å². The Labute approximate surface area is 91.1 Å². The largest absolute Gasteiger partial charge is 0.271 e. The molecule has 0 aliphatic heterocycles. The molecule has 4 heteroatoms. The first-order chi connectivity index (χ1) is 6.70. The van der Waals surface area contributed by atoms with Crippen LogP contribution in [0.3, 0.4) is 0 Å². The third-order valence-corrected chi connectivity index (χ3v) is 2.80. The van der Waals surface area contributed by atoms with E-state index < -0.39 is 0 Å². The van der Waals surface area contributed by atoms with Gasteiger partial charge in [0.05, 0.1) is 10.5 Å². The van der Waals surface area contributed by atoms with E-state index in [-0.39, 0.29) is 11.9 Å². The minimum atomic E-state index is -0.285. The van der Waals surface area contributed by atoms with Crippen LogP contribution in [0.5, 0.6) is 0 Å². The Morgan fingerprint density at radius 2 is 2.36 bits per heavy atom. The monoisotopic (exact) mass is 258 g/mol. The Hall–Kier alpha value is -0.710. The number of rotatable bonds is 4. The molecule has 3 N–H and O–H groups in total. The number of hydrogen-bond acceptors (Lipinski definition) is 2. The van der Waals surface area contributed by atoms with Crippen LogP contribution >= 0.6 is 15.9 Å². The first-order valence-electron chi connectivity index (χ1n) is 4.21. The lowest BCUT2D eigenvalue weighted by molar-refractivity contribution is 0.548. The zero-order chi connectivity index (χ0) is 10.6. The summed E-state index contributed by atoms with van der Waals surface area (Å²) in [4.78, 5) is 0. The fourth-order valence-corrected chi connectivity index (χ4v) is 1.78. The van der Waals surface area contributed by atoms with E-state index in [0.29, 0.717) is 10.9 Å². The van der Waals surface area contributed by atoms with Crippen molar-refractivity contribution in [3.63, 3.8) is 0 Å². The zero-order valence-electron chi connectivity index (χ0n) is 7.63. The fourth-order valence-electron chi connectivity index (χ4n) is 1.24. The van der Waals surface area contributed by atoms with E-state index in [0.717, 1.165) is 5.56 Å². The molecule has 0 bridgehead atoms. The molecule has 0 aliphatic carbocycles. The van der Waals surface area contributed by atoms with Crippen molar-refractivity contribution < 1.29 is 4.39 Å². The summed E-state index contributed by atoms with van der Waals surface area (Å²) < 4.78 is 13.6. The molecule has 1 aromatic rings. The maximum Gasteiger partial charge on any atom is 0.137 e. The summed E-state index contributed by atoms with van der Waals surface area (Å²) in [5.41, 5.74) is 3.42. The highest BCUT2D eigenvalue weighted by molar-refractivity contribution is 9.10. The predicted octanol–water partition coefficient (Wildman–Crippen LogP) is 2.67. The van der Waals surface area contributed by atoms with Crippen molar-refractivity contribution >= 4 is 15.9 Å². The quantitative estimate of drug-likeness (QED) is 0.495. The second-order valence-corrected chi connectivity index (χ2v) is 3.68. The predicted molar refractivity (Wildman–Crippen MR) is 59.0 cm³/mol. The highest BCUT2D eigenvalue weighted by Crippen LogP contribution is 2.27. The lowest BCUT2D eigenvalue weighted by atomic mass is 10.0. The maximum atomic E-state index is 13.2. The molecule has 14 heavy (non-hydrogen) atoms. The first kappa shape index (κ1) is 11.4. The van der Waals surface area contributed by atoms with Gasteiger partial charge in [-0.05, 0) is 34.0 Å². The van der Waals surface area contributed by atoms with Gasteiger partial charge in [0.2, 0.25) is 0 Å². The van der Waals surface area contributed by atoms with Gasteiger partial charge in [-0.3, -0.25) is 11.3 Å². The second kappa shape index (κ2) is 5.24. The van der Waals surface area contributed by atoms with Crippen molar-refractivity contribution in [1.29, 1.82) is 0 Å². The standard InChI is InChI=1S/C10H12BrFN2/c1-2-4-9(14-13)7-5-3-6-8(12)10(7)11/h2-3,5-6,9,14H,1,4,13H2. The third kappa shape index (κ3) is 2.41. The molecule has 0 spiro atoms. The number of benzene rings is 1. The maximum absolute atomic E-state index is 13.2. The molecule has 76 valence electrons.